The van der Waals surface area contributed by atoms with Crippen LogP contribution in [-0.2, 0) is 15.6 Å². The number of aryl methyl sites for hydroxylation is 1. The van der Waals surface area contributed by atoms with Crippen LogP contribution >= 0.6 is 11.3 Å². The van der Waals surface area contributed by atoms with Crippen molar-refractivity contribution < 1.29 is 27.1 Å². The van der Waals surface area contributed by atoms with Crippen LogP contribution in [0, 0.1) is 23.2 Å². The minimum Gasteiger partial charge on any atom is -0.465 e. The van der Waals surface area contributed by atoms with Crippen LogP contribution in [-0.4, -0.2) is 33.7 Å². The molecule has 2 fully saturated rings. The molecule has 2 unspecified atom stereocenters. The number of ether oxygens (including phenoxy) is 1. The molecule has 2 aliphatic rings. The average Bonchev–Trinajstić information content (AvgIpc) is 3.44. The number of halogens is 3. The van der Waals surface area contributed by atoms with Gasteiger partial charge in [0.05, 0.1) is 19.1 Å². The maximum atomic E-state index is 14.0. The zero-order valence-electron chi connectivity index (χ0n) is 25.0. The lowest BCUT2D eigenvalue weighted by atomic mass is 9.63. The summed E-state index contributed by atoms with van der Waals surface area (Å²) in [5.41, 5.74) is 0.155. The van der Waals surface area contributed by atoms with Crippen LogP contribution in [0.5, 0.6) is 0 Å². The molecule has 8 heteroatoms. The zero-order chi connectivity index (χ0) is 29.1. The topological polar surface area (TPSA) is 35.5 Å². The highest BCUT2D eigenvalue weighted by Gasteiger charge is 2.50. The molecule has 0 amide bonds. The van der Waals surface area contributed by atoms with Gasteiger partial charge in [-0.25, -0.2) is 4.79 Å². The number of allylic oxidation sites excluding steroid dienone is 1. The van der Waals surface area contributed by atoms with Gasteiger partial charge in [0.25, 0.3) is 0 Å². The molecule has 0 saturated heterocycles. The fraction of sp³-hybridized carbons (Fsp3) is 0.774. The molecule has 4 atom stereocenters. The van der Waals surface area contributed by atoms with Crippen molar-refractivity contribution in [3.63, 3.8) is 0 Å². The molecule has 1 heterocycles. The Hall–Kier alpha value is -1.12. The van der Waals surface area contributed by atoms with Crippen LogP contribution in [0.15, 0.2) is 24.3 Å². The summed E-state index contributed by atoms with van der Waals surface area (Å²) >= 11 is 1.41. The van der Waals surface area contributed by atoms with Crippen molar-refractivity contribution in [2.45, 2.75) is 122 Å². The van der Waals surface area contributed by atoms with Gasteiger partial charge in [-0.1, -0.05) is 46.3 Å². The number of thiophene rings is 1. The first kappa shape index (κ1) is 32.4. The van der Waals surface area contributed by atoms with E-state index in [-0.39, 0.29) is 34.9 Å². The summed E-state index contributed by atoms with van der Waals surface area (Å²) in [7, 11) is -0.651. The average molecular weight is 587 g/mol. The third-order valence-electron chi connectivity index (χ3n) is 10.0. The fourth-order valence-corrected chi connectivity index (χ4v) is 8.61. The molecular weight excluding hydrogens is 537 g/mol. The highest BCUT2D eigenvalue weighted by molar-refractivity contribution is 7.13. The van der Waals surface area contributed by atoms with Gasteiger partial charge in [-0.3, -0.25) is 0 Å². The molecular formula is C31H49F3O3SSi. The van der Waals surface area contributed by atoms with Gasteiger partial charge in [0.1, 0.15) is 4.88 Å². The van der Waals surface area contributed by atoms with Crippen molar-refractivity contribution in [3.05, 3.63) is 34.0 Å². The summed E-state index contributed by atoms with van der Waals surface area (Å²) in [4.78, 5) is 13.4. The fourth-order valence-electron chi connectivity index (χ4n) is 6.23. The highest BCUT2D eigenvalue weighted by Crippen LogP contribution is 2.52. The Morgan fingerprint density at radius 3 is 2.44 bits per heavy atom. The Kier molecular flexibility index (Phi) is 10.6. The van der Waals surface area contributed by atoms with E-state index in [0.717, 1.165) is 43.4 Å². The number of rotatable bonds is 12. The van der Waals surface area contributed by atoms with Gasteiger partial charge < -0.3 is 9.16 Å². The summed E-state index contributed by atoms with van der Waals surface area (Å²) in [5, 5.41) is 0.0890. The van der Waals surface area contributed by atoms with E-state index >= 15 is 0 Å². The number of esters is 1. The number of hydrogen-bond donors (Lipinski definition) is 0. The van der Waals surface area contributed by atoms with E-state index in [9.17, 15) is 18.0 Å². The van der Waals surface area contributed by atoms with Crippen LogP contribution in [0.1, 0.15) is 100 Å². The van der Waals surface area contributed by atoms with Crippen molar-refractivity contribution in [1.82, 2.24) is 0 Å². The van der Waals surface area contributed by atoms with Gasteiger partial charge >= 0.3 is 12.1 Å². The third-order valence-corrected chi connectivity index (χ3v) is 15.6. The molecule has 3 rings (SSSR count). The molecule has 1 aromatic rings. The lowest BCUT2D eigenvalue weighted by molar-refractivity contribution is -0.181. The molecule has 39 heavy (non-hydrogen) atoms. The van der Waals surface area contributed by atoms with Crippen molar-refractivity contribution >= 4 is 25.6 Å². The summed E-state index contributed by atoms with van der Waals surface area (Å²) in [5.74, 6) is -2.07. The molecule has 3 nitrogen and oxygen atoms in total. The van der Waals surface area contributed by atoms with Gasteiger partial charge in [0, 0.05) is 4.88 Å². The Bertz CT molecular complexity index is 969. The predicted octanol–water partition coefficient (Wildman–Crippen LogP) is 9.98. The van der Waals surface area contributed by atoms with Crippen molar-refractivity contribution in [2.24, 2.45) is 23.2 Å². The molecule has 0 aliphatic heterocycles. The molecule has 1 aromatic heterocycles. The lowest BCUT2D eigenvalue weighted by Crippen LogP contribution is -2.51. The molecule has 222 valence electrons. The van der Waals surface area contributed by atoms with Gasteiger partial charge in [-0.05, 0) is 105 Å². The molecule has 0 spiro atoms. The molecule has 2 aliphatic carbocycles. The number of carbonyl (C=O) groups is 1. The van der Waals surface area contributed by atoms with Gasteiger partial charge in [0.15, 0.2) is 8.32 Å². The molecule has 0 bridgehead atoms. The van der Waals surface area contributed by atoms with E-state index in [1.807, 2.05) is 18.2 Å². The highest BCUT2D eigenvalue weighted by atomic mass is 32.1. The first-order chi connectivity index (χ1) is 18.1. The Labute approximate surface area is 239 Å². The summed E-state index contributed by atoms with van der Waals surface area (Å²) in [6.07, 6.45) is 8.25. The summed E-state index contributed by atoms with van der Waals surface area (Å²) in [6, 6.07) is 3.69. The van der Waals surface area contributed by atoms with Crippen molar-refractivity contribution in [3.8, 4) is 0 Å². The Balaban J connectivity index is 1.70. The van der Waals surface area contributed by atoms with Crippen LogP contribution in [0.2, 0.25) is 18.1 Å². The Morgan fingerprint density at radius 2 is 1.90 bits per heavy atom. The van der Waals surface area contributed by atoms with Gasteiger partial charge in [-0.15, -0.1) is 11.3 Å². The van der Waals surface area contributed by atoms with Crippen LogP contribution < -0.4 is 0 Å². The second kappa shape index (κ2) is 12.8. The predicted molar refractivity (Wildman–Crippen MR) is 157 cm³/mol. The number of hydrogen-bond acceptors (Lipinski definition) is 4. The standard InChI is InChI=1S/C31H49F3O3SSi/c1-8-30(20-11-21-30)27(37-39(6,7)29(2,3)4)15-10-14-24-22(16-18-25(24)31(32,33)34)12-9-13-23-17-19-26(38-23)28(35)36-5/h10,14,17,19,22,24-25,27H,8-9,11-13,15-16,18,20-21H2,1-7H3/b14-10+/t22-,24+,25?,27?/m0/s1. The van der Waals surface area contributed by atoms with E-state index in [1.54, 1.807) is 6.07 Å². The molecule has 0 aromatic carbocycles. The van der Waals surface area contributed by atoms with E-state index < -0.39 is 26.3 Å². The van der Waals surface area contributed by atoms with Gasteiger partial charge in [0.2, 0.25) is 0 Å². The maximum Gasteiger partial charge on any atom is 0.392 e. The largest absolute Gasteiger partial charge is 0.465 e. The monoisotopic (exact) mass is 586 g/mol. The van der Waals surface area contributed by atoms with Crippen molar-refractivity contribution in [1.29, 1.82) is 0 Å². The van der Waals surface area contributed by atoms with Crippen LogP contribution in [0.3, 0.4) is 0 Å². The lowest BCUT2D eigenvalue weighted by Gasteiger charge is -2.51. The molecule has 0 radical (unpaired) electrons. The van der Waals surface area contributed by atoms with E-state index in [2.05, 4.69) is 40.8 Å². The number of methoxy groups -OCH3 is 1. The second-order valence-corrected chi connectivity index (χ2v) is 19.2. The number of carbonyl (C=O) groups excluding carboxylic acids is 1. The van der Waals surface area contributed by atoms with E-state index in [4.69, 9.17) is 9.16 Å². The Morgan fingerprint density at radius 1 is 1.21 bits per heavy atom. The summed E-state index contributed by atoms with van der Waals surface area (Å²) in [6.45, 7) is 13.5. The molecule has 2 saturated carbocycles. The zero-order valence-corrected chi connectivity index (χ0v) is 26.8. The minimum absolute atomic E-state index is 0.0245. The normalized spacial score (nSPS) is 24.6. The minimum atomic E-state index is -4.18. The van der Waals surface area contributed by atoms with E-state index in [0.29, 0.717) is 17.7 Å². The molecule has 0 N–H and O–H groups in total. The van der Waals surface area contributed by atoms with Crippen LogP contribution in [0.4, 0.5) is 13.2 Å². The SMILES string of the molecule is CCC1(C(C/C=C/[C@H]2C(C(F)(F)F)CC[C@@H]2CCCc2ccc(C(=O)OC)s2)O[Si](C)(C)C(C)(C)C)CCC1. The number of alkyl halides is 3. The second-order valence-electron chi connectivity index (χ2n) is 13.3. The smallest absolute Gasteiger partial charge is 0.392 e. The first-order valence-corrected chi connectivity index (χ1v) is 18.4. The quantitative estimate of drug-likeness (QED) is 0.139. The van der Waals surface area contributed by atoms with Crippen molar-refractivity contribution in [2.75, 3.05) is 7.11 Å². The van der Waals surface area contributed by atoms with Gasteiger partial charge in [-0.2, -0.15) is 13.2 Å². The van der Waals surface area contributed by atoms with Crippen LogP contribution in [0.25, 0.3) is 0 Å². The maximum absolute atomic E-state index is 14.0. The van der Waals surface area contributed by atoms with E-state index in [1.165, 1.54) is 24.9 Å². The third kappa shape index (κ3) is 7.79. The summed E-state index contributed by atoms with van der Waals surface area (Å²) < 4.78 is 53.8. The first-order valence-electron chi connectivity index (χ1n) is 14.7.